The predicted octanol–water partition coefficient (Wildman–Crippen LogP) is 2.79. The Labute approximate surface area is 111 Å². The lowest BCUT2D eigenvalue weighted by molar-refractivity contribution is 0.0697. The highest BCUT2D eigenvalue weighted by atomic mass is 16.4. The van der Waals surface area contributed by atoms with Crippen molar-refractivity contribution in [3.05, 3.63) is 29.6 Å². The highest BCUT2D eigenvalue weighted by molar-refractivity contribution is 5.92. The molecule has 0 spiro atoms. The molecule has 0 radical (unpaired) electrons. The second-order valence-electron chi connectivity index (χ2n) is 5.96. The van der Waals surface area contributed by atoms with Crippen LogP contribution >= 0.6 is 0 Å². The molecule has 98 valence electrons. The molecule has 2 unspecified atom stereocenters. The van der Waals surface area contributed by atoms with Gasteiger partial charge in [0.1, 0.15) is 5.82 Å². The smallest absolute Gasteiger partial charge is 0.335 e. The summed E-state index contributed by atoms with van der Waals surface area (Å²) < 4.78 is 2.14. The van der Waals surface area contributed by atoms with E-state index in [1.165, 1.54) is 19.3 Å². The number of rotatable bonds is 2. The fourth-order valence-electron chi connectivity index (χ4n) is 3.64. The first-order chi connectivity index (χ1) is 9.13. The Morgan fingerprint density at radius 2 is 2.05 bits per heavy atom. The van der Waals surface area contributed by atoms with Crippen molar-refractivity contribution in [1.82, 2.24) is 9.55 Å². The third-order valence-corrected chi connectivity index (χ3v) is 4.77. The quantitative estimate of drug-likeness (QED) is 0.898. The van der Waals surface area contributed by atoms with E-state index in [1.807, 2.05) is 13.1 Å². The minimum atomic E-state index is -0.892. The van der Waals surface area contributed by atoms with Crippen LogP contribution in [0.4, 0.5) is 0 Å². The highest BCUT2D eigenvalue weighted by Crippen LogP contribution is 2.57. The van der Waals surface area contributed by atoms with Crippen molar-refractivity contribution in [2.45, 2.75) is 25.2 Å². The molecule has 2 aromatic rings. The molecule has 4 heteroatoms. The number of aromatic carboxylic acids is 1. The molecule has 4 rings (SSSR count). The van der Waals surface area contributed by atoms with Crippen molar-refractivity contribution in [2.75, 3.05) is 0 Å². The molecule has 2 atom stereocenters. The molecule has 0 bridgehead atoms. The summed E-state index contributed by atoms with van der Waals surface area (Å²) in [5.41, 5.74) is 2.14. The van der Waals surface area contributed by atoms with Crippen LogP contribution in [0.25, 0.3) is 11.0 Å². The third kappa shape index (κ3) is 1.59. The first kappa shape index (κ1) is 11.0. The molecule has 2 fully saturated rings. The average molecular weight is 256 g/mol. The number of carboxylic acids is 1. The third-order valence-electron chi connectivity index (χ3n) is 4.77. The van der Waals surface area contributed by atoms with Gasteiger partial charge in [0, 0.05) is 13.0 Å². The van der Waals surface area contributed by atoms with Gasteiger partial charge in [0.15, 0.2) is 0 Å². The lowest BCUT2D eigenvalue weighted by Gasteiger charge is -2.11. The molecular formula is C15H16N2O2. The molecule has 1 N–H and O–H groups in total. The number of hydrogen-bond acceptors (Lipinski definition) is 2. The molecule has 2 aliphatic carbocycles. The van der Waals surface area contributed by atoms with Crippen LogP contribution in [-0.4, -0.2) is 20.6 Å². The molecule has 2 aliphatic rings. The summed E-state index contributed by atoms with van der Waals surface area (Å²) in [6.45, 7) is 0. The lowest BCUT2D eigenvalue weighted by atomic mass is 10.0. The number of imidazole rings is 1. The van der Waals surface area contributed by atoms with Crippen molar-refractivity contribution in [2.24, 2.45) is 18.9 Å². The zero-order valence-corrected chi connectivity index (χ0v) is 10.8. The number of carbonyl (C=O) groups is 1. The van der Waals surface area contributed by atoms with Crippen LogP contribution in [0.2, 0.25) is 0 Å². The molecule has 0 saturated heterocycles. The van der Waals surface area contributed by atoms with Crippen LogP contribution in [0, 0.1) is 11.8 Å². The van der Waals surface area contributed by atoms with Gasteiger partial charge in [0.05, 0.1) is 16.6 Å². The fourth-order valence-corrected chi connectivity index (χ4v) is 3.64. The normalized spacial score (nSPS) is 28.6. The van der Waals surface area contributed by atoms with Crippen LogP contribution < -0.4 is 0 Å². The second-order valence-corrected chi connectivity index (χ2v) is 5.96. The average Bonchev–Trinajstić information content (AvgIpc) is 2.86. The summed E-state index contributed by atoms with van der Waals surface area (Å²) in [5, 5.41) is 9.04. The van der Waals surface area contributed by atoms with E-state index in [4.69, 9.17) is 10.1 Å². The maximum Gasteiger partial charge on any atom is 0.335 e. The van der Waals surface area contributed by atoms with Gasteiger partial charge >= 0.3 is 5.97 Å². The SMILES string of the molecule is Cn1c(C2CC3CC3C2)nc2cc(C(=O)O)ccc21. The van der Waals surface area contributed by atoms with Crippen LogP contribution in [-0.2, 0) is 7.05 Å². The standard InChI is InChI=1S/C15H16N2O2/c1-17-13-3-2-8(15(18)19)7-12(13)16-14(17)11-5-9-4-10(9)6-11/h2-3,7,9-11H,4-6H2,1H3,(H,18,19). The zero-order valence-electron chi connectivity index (χ0n) is 10.8. The monoisotopic (exact) mass is 256 g/mol. The molecule has 19 heavy (non-hydrogen) atoms. The molecule has 2 saturated carbocycles. The number of fused-ring (bicyclic) bond motifs is 2. The Kier molecular flexibility index (Phi) is 2.08. The Bertz CT molecular complexity index is 679. The second kappa shape index (κ2) is 3.59. The van der Waals surface area contributed by atoms with Gasteiger partial charge in [0.2, 0.25) is 0 Å². The van der Waals surface area contributed by atoms with Crippen molar-refractivity contribution in [3.63, 3.8) is 0 Å². The summed E-state index contributed by atoms with van der Waals surface area (Å²) in [7, 11) is 2.04. The summed E-state index contributed by atoms with van der Waals surface area (Å²) in [6.07, 6.45) is 3.92. The van der Waals surface area contributed by atoms with Gasteiger partial charge in [-0.2, -0.15) is 0 Å². The fraction of sp³-hybridized carbons (Fsp3) is 0.467. The molecule has 1 aromatic heterocycles. The number of benzene rings is 1. The molecular weight excluding hydrogens is 240 g/mol. The van der Waals surface area contributed by atoms with Crippen molar-refractivity contribution >= 4 is 17.0 Å². The molecule has 4 nitrogen and oxygen atoms in total. The van der Waals surface area contributed by atoms with Crippen molar-refractivity contribution < 1.29 is 9.90 Å². The number of aromatic nitrogens is 2. The van der Waals surface area contributed by atoms with E-state index < -0.39 is 5.97 Å². The summed E-state index contributed by atoms with van der Waals surface area (Å²) in [5.74, 6) is 2.66. The van der Waals surface area contributed by atoms with Gasteiger partial charge in [-0.1, -0.05) is 0 Å². The van der Waals surface area contributed by atoms with Crippen LogP contribution in [0.15, 0.2) is 18.2 Å². The zero-order chi connectivity index (χ0) is 13.1. The van der Waals surface area contributed by atoms with Crippen LogP contribution in [0.5, 0.6) is 0 Å². The Morgan fingerprint density at radius 1 is 1.32 bits per heavy atom. The van der Waals surface area contributed by atoms with Gasteiger partial charge in [-0.3, -0.25) is 0 Å². The Balaban J connectivity index is 1.79. The van der Waals surface area contributed by atoms with E-state index >= 15 is 0 Å². The Hall–Kier alpha value is -1.84. The van der Waals surface area contributed by atoms with Gasteiger partial charge in [-0.05, 0) is 49.3 Å². The predicted molar refractivity (Wildman–Crippen MR) is 71.2 cm³/mol. The maximum atomic E-state index is 11.0. The minimum Gasteiger partial charge on any atom is -0.478 e. The van der Waals surface area contributed by atoms with E-state index in [1.54, 1.807) is 12.1 Å². The van der Waals surface area contributed by atoms with Gasteiger partial charge in [-0.25, -0.2) is 9.78 Å². The molecule has 0 amide bonds. The molecule has 1 heterocycles. The van der Waals surface area contributed by atoms with E-state index in [-0.39, 0.29) is 0 Å². The van der Waals surface area contributed by atoms with Gasteiger partial charge < -0.3 is 9.67 Å². The molecule has 0 aliphatic heterocycles. The summed E-state index contributed by atoms with van der Waals surface area (Å²) in [6, 6.07) is 5.20. The summed E-state index contributed by atoms with van der Waals surface area (Å²) >= 11 is 0. The van der Waals surface area contributed by atoms with Crippen LogP contribution in [0.3, 0.4) is 0 Å². The lowest BCUT2D eigenvalue weighted by Crippen LogP contribution is -2.04. The summed E-state index contributed by atoms with van der Waals surface area (Å²) in [4.78, 5) is 15.7. The van der Waals surface area contributed by atoms with E-state index in [0.29, 0.717) is 11.5 Å². The van der Waals surface area contributed by atoms with Crippen molar-refractivity contribution in [1.29, 1.82) is 0 Å². The topological polar surface area (TPSA) is 55.1 Å². The number of aryl methyl sites for hydroxylation is 1. The first-order valence-electron chi connectivity index (χ1n) is 6.83. The number of carboxylic acid groups (broad SMARTS) is 1. The van der Waals surface area contributed by atoms with E-state index in [0.717, 1.165) is 28.7 Å². The molecule has 1 aromatic carbocycles. The minimum absolute atomic E-state index is 0.311. The van der Waals surface area contributed by atoms with E-state index in [2.05, 4.69) is 4.57 Å². The van der Waals surface area contributed by atoms with Crippen LogP contribution in [0.1, 0.15) is 41.4 Å². The highest BCUT2D eigenvalue weighted by Gasteiger charge is 2.47. The van der Waals surface area contributed by atoms with Crippen molar-refractivity contribution in [3.8, 4) is 0 Å². The van der Waals surface area contributed by atoms with Gasteiger partial charge in [-0.15, -0.1) is 0 Å². The van der Waals surface area contributed by atoms with Gasteiger partial charge in [0.25, 0.3) is 0 Å². The maximum absolute atomic E-state index is 11.0. The largest absolute Gasteiger partial charge is 0.478 e. The Morgan fingerprint density at radius 3 is 2.74 bits per heavy atom. The van der Waals surface area contributed by atoms with E-state index in [9.17, 15) is 4.79 Å². The number of nitrogens with zero attached hydrogens (tertiary/aromatic N) is 2. The first-order valence-corrected chi connectivity index (χ1v) is 6.83. The number of hydrogen-bond donors (Lipinski definition) is 1.